The Morgan fingerprint density at radius 3 is 2.53 bits per heavy atom. The van der Waals surface area contributed by atoms with Gasteiger partial charge in [-0.3, -0.25) is 0 Å². The van der Waals surface area contributed by atoms with E-state index in [0.717, 1.165) is 12.8 Å². The van der Waals surface area contributed by atoms with E-state index in [9.17, 15) is 9.59 Å². The summed E-state index contributed by atoms with van der Waals surface area (Å²) in [4.78, 5) is 26.3. The van der Waals surface area contributed by atoms with E-state index in [1.165, 1.54) is 16.7 Å². The Hall–Kier alpha value is -0.910. The normalized spacial score (nSPS) is 19.8. The average Bonchev–Trinajstić information content (AvgIpc) is 2.78. The van der Waals surface area contributed by atoms with Crippen LogP contribution in [0.2, 0.25) is 0 Å². The summed E-state index contributed by atoms with van der Waals surface area (Å²) in [5.41, 5.74) is 0. The molecule has 1 heterocycles. The van der Waals surface area contributed by atoms with E-state index in [1.807, 2.05) is 13.8 Å². The zero-order valence-corrected chi connectivity index (χ0v) is 11.4. The van der Waals surface area contributed by atoms with Crippen LogP contribution >= 0.6 is 11.8 Å². The molecular weight excluding hydrogens is 240 g/mol. The number of carbonyl (C=O) groups is 2. The van der Waals surface area contributed by atoms with Gasteiger partial charge < -0.3 is 14.9 Å². The summed E-state index contributed by atoms with van der Waals surface area (Å²) >= 11 is 1.49. The first-order valence-electron chi connectivity index (χ1n) is 5.86. The molecule has 1 rings (SSSR count). The van der Waals surface area contributed by atoms with Crippen LogP contribution in [0.4, 0.5) is 4.79 Å². The van der Waals surface area contributed by atoms with Crippen LogP contribution in [0.1, 0.15) is 26.7 Å². The number of aliphatic carboxylic acids is 1. The Balaban J connectivity index is 2.71. The molecule has 0 aromatic heterocycles. The van der Waals surface area contributed by atoms with Crippen LogP contribution in [0.15, 0.2) is 0 Å². The first-order valence-corrected chi connectivity index (χ1v) is 7.02. The van der Waals surface area contributed by atoms with Crippen molar-refractivity contribution in [2.45, 2.75) is 38.8 Å². The fraction of sp³-hybridized carbons (Fsp3) is 0.818. The second kappa shape index (κ2) is 6.14. The van der Waals surface area contributed by atoms with Crippen molar-refractivity contribution in [3.63, 3.8) is 0 Å². The molecule has 1 aliphatic rings. The van der Waals surface area contributed by atoms with Crippen LogP contribution in [0, 0.1) is 0 Å². The summed E-state index contributed by atoms with van der Waals surface area (Å²) in [7, 11) is 1.75. The molecule has 0 unspecified atom stereocenters. The van der Waals surface area contributed by atoms with Crippen LogP contribution in [0.25, 0.3) is 0 Å². The van der Waals surface area contributed by atoms with Gasteiger partial charge >= 0.3 is 12.0 Å². The van der Waals surface area contributed by atoms with Gasteiger partial charge in [-0.2, -0.15) is 0 Å². The van der Waals surface area contributed by atoms with E-state index in [2.05, 4.69) is 0 Å². The molecule has 0 saturated carbocycles. The third kappa shape index (κ3) is 3.06. The first kappa shape index (κ1) is 14.2. The molecule has 0 bridgehead atoms. The SMILES string of the molecule is CCC(CC)N(C)C(=O)N1CSC[C@H]1C(=O)O. The van der Waals surface area contributed by atoms with E-state index < -0.39 is 12.0 Å². The largest absolute Gasteiger partial charge is 0.480 e. The molecule has 1 atom stereocenters. The molecule has 5 nitrogen and oxygen atoms in total. The van der Waals surface area contributed by atoms with Gasteiger partial charge in [0.05, 0.1) is 5.88 Å². The quantitative estimate of drug-likeness (QED) is 0.835. The fourth-order valence-corrected chi connectivity index (χ4v) is 3.17. The second-order valence-corrected chi connectivity index (χ2v) is 5.19. The maximum absolute atomic E-state index is 12.2. The van der Waals surface area contributed by atoms with Crippen molar-refractivity contribution in [3.8, 4) is 0 Å². The monoisotopic (exact) mass is 260 g/mol. The Morgan fingerprint density at radius 2 is 2.06 bits per heavy atom. The topological polar surface area (TPSA) is 60.9 Å². The van der Waals surface area contributed by atoms with Crippen molar-refractivity contribution < 1.29 is 14.7 Å². The summed E-state index contributed by atoms with van der Waals surface area (Å²) in [6, 6.07) is -0.664. The number of amides is 2. The van der Waals surface area contributed by atoms with Crippen LogP contribution < -0.4 is 0 Å². The predicted octanol–water partition coefficient (Wildman–Crippen LogP) is 1.69. The van der Waals surface area contributed by atoms with Crippen LogP contribution in [0.3, 0.4) is 0 Å². The van der Waals surface area contributed by atoms with E-state index >= 15 is 0 Å². The van der Waals surface area contributed by atoms with Gasteiger partial charge in [0.25, 0.3) is 0 Å². The zero-order chi connectivity index (χ0) is 13.0. The Kier molecular flexibility index (Phi) is 5.11. The van der Waals surface area contributed by atoms with Gasteiger partial charge in [0, 0.05) is 18.8 Å². The van der Waals surface area contributed by atoms with E-state index in [-0.39, 0.29) is 12.1 Å². The van der Waals surface area contributed by atoms with E-state index in [0.29, 0.717) is 11.6 Å². The lowest BCUT2D eigenvalue weighted by molar-refractivity contribution is -0.140. The number of carboxylic acid groups (broad SMARTS) is 1. The molecule has 0 aromatic carbocycles. The first-order chi connectivity index (χ1) is 8.02. The lowest BCUT2D eigenvalue weighted by atomic mass is 10.1. The summed E-state index contributed by atoms with van der Waals surface area (Å²) in [6.07, 6.45) is 1.77. The molecule has 1 saturated heterocycles. The number of hydrogen-bond acceptors (Lipinski definition) is 3. The summed E-state index contributed by atoms with van der Waals surface area (Å²) < 4.78 is 0. The van der Waals surface area contributed by atoms with Crippen molar-refractivity contribution in [2.75, 3.05) is 18.7 Å². The van der Waals surface area contributed by atoms with Crippen molar-refractivity contribution in [1.29, 1.82) is 0 Å². The molecule has 1 N–H and O–H groups in total. The highest BCUT2D eigenvalue weighted by molar-refractivity contribution is 7.99. The highest BCUT2D eigenvalue weighted by atomic mass is 32.2. The van der Waals surface area contributed by atoms with Crippen molar-refractivity contribution >= 4 is 23.8 Å². The third-order valence-corrected chi connectivity index (χ3v) is 4.22. The van der Waals surface area contributed by atoms with Gasteiger partial charge in [-0.25, -0.2) is 9.59 Å². The van der Waals surface area contributed by atoms with E-state index in [1.54, 1.807) is 11.9 Å². The minimum absolute atomic E-state index is 0.170. The highest BCUT2D eigenvalue weighted by Gasteiger charge is 2.36. The summed E-state index contributed by atoms with van der Waals surface area (Å²) in [6.45, 7) is 4.07. The summed E-state index contributed by atoms with van der Waals surface area (Å²) in [5, 5.41) is 9.04. The van der Waals surface area contributed by atoms with Crippen LogP contribution in [-0.4, -0.2) is 57.7 Å². The molecule has 0 radical (unpaired) electrons. The molecule has 98 valence electrons. The lowest BCUT2D eigenvalue weighted by Gasteiger charge is -2.32. The second-order valence-electron chi connectivity index (χ2n) is 4.19. The smallest absolute Gasteiger partial charge is 0.327 e. The van der Waals surface area contributed by atoms with Crippen LogP contribution in [-0.2, 0) is 4.79 Å². The number of carbonyl (C=O) groups excluding carboxylic acids is 1. The maximum Gasteiger partial charge on any atom is 0.327 e. The molecular formula is C11H20N2O3S. The Morgan fingerprint density at radius 1 is 1.47 bits per heavy atom. The predicted molar refractivity (Wildman–Crippen MR) is 68.1 cm³/mol. The molecule has 17 heavy (non-hydrogen) atoms. The molecule has 1 fully saturated rings. The molecule has 0 aromatic rings. The Labute approximate surface area is 106 Å². The molecule has 2 amide bonds. The van der Waals surface area contributed by atoms with Crippen molar-refractivity contribution in [2.24, 2.45) is 0 Å². The lowest BCUT2D eigenvalue weighted by Crippen LogP contribution is -2.50. The van der Waals surface area contributed by atoms with Gasteiger partial charge in [0.1, 0.15) is 6.04 Å². The Bertz CT molecular complexity index is 294. The highest BCUT2D eigenvalue weighted by Crippen LogP contribution is 2.23. The van der Waals surface area contributed by atoms with Gasteiger partial charge in [-0.1, -0.05) is 13.8 Å². The van der Waals surface area contributed by atoms with E-state index in [4.69, 9.17) is 5.11 Å². The van der Waals surface area contributed by atoms with Gasteiger partial charge in [0.2, 0.25) is 0 Å². The number of nitrogens with zero attached hydrogens (tertiary/aromatic N) is 2. The number of hydrogen-bond donors (Lipinski definition) is 1. The van der Waals surface area contributed by atoms with Gasteiger partial charge in [-0.15, -0.1) is 11.8 Å². The molecule has 0 aliphatic carbocycles. The number of carboxylic acids is 1. The standard InChI is InChI=1S/C11H20N2O3S/c1-4-8(5-2)12(3)11(16)13-7-17-6-9(13)10(14)15/h8-9H,4-7H2,1-3H3,(H,14,15)/t9-/m0/s1. The average molecular weight is 260 g/mol. The maximum atomic E-state index is 12.2. The number of thioether (sulfide) groups is 1. The zero-order valence-electron chi connectivity index (χ0n) is 10.5. The van der Waals surface area contributed by atoms with Gasteiger partial charge in [0.15, 0.2) is 0 Å². The number of rotatable bonds is 4. The number of urea groups is 1. The van der Waals surface area contributed by atoms with Gasteiger partial charge in [-0.05, 0) is 12.8 Å². The molecule has 0 spiro atoms. The van der Waals surface area contributed by atoms with Crippen LogP contribution in [0.5, 0.6) is 0 Å². The molecule has 6 heteroatoms. The van der Waals surface area contributed by atoms with Crippen molar-refractivity contribution in [3.05, 3.63) is 0 Å². The minimum Gasteiger partial charge on any atom is -0.480 e. The van der Waals surface area contributed by atoms with Crippen molar-refractivity contribution in [1.82, 2.24) is 9.80 Å². The summed E-state index contributed by atoms with van der Waals surface area (Å²) in [5.74, 6) is 0.0410. The fourth-order valence-electron chi connectivity index (χ4n) is 2.03. The molecule has 1 aliphatic heterocycles. The third-order valence-electron chi connectivity index (χ3n) is 3.21. The minimum atomic E-state index is -0.915.